The third kappa shape index (κ3) is 5.07. The quantitative estimate of drug-likeness (QED) is 0.890. The molecule has 4 heteroatoms. The fourth-order valence-electron chi connectivity index (χ4n) is 1.69. The Bertz CT molecular complexity index is 395. The van der Waals surface area contributed by atoms with Gasteiger partial charge in [-0.2, -0.15) is 0 Å². The Morgan fingerprint density at radius 3 is 2.28 bits per heavy atom. The molecule has 1 aromatic carbocycles. The fraction of sp³-hybridized carbons (Fsp3) is 0.500. The van der Waals surface area contributed by atoms with Crippen molar-refractivity contribution in [2.24, 2.45) is 0 Å². The van der Waals surface area contributed by atoms with Gasteiger partial charge in [0.15, 0.2) is 0 Å². The number of halogens is 1. The van der Waals surface area contributed by atoms with E-state index in [0.29, 0.717) is 11.6 Å². The minimum atomic E-state index is -0.764. The second-order valence-electron chi connectivity index (χ2n) is 5.36. The molecular weight excluding hydrogens is 250 g/mol. The van der Waals surface area contributed by atoms with Crippen molar-refractivity contribution in [2.45, 2.75) is 39.3 Å². The molecule has 0 saturated carbocycles. The van der Waals surface area contributed by atoms with Crippen molar-refractivity contribution in [1.82, 2.24) is 4.90 Å². The van der Waals surface area contributed by atoms with Crippen molar-refractivity contribution in [3.8, 4) is 0 Å². The molecule has 0 saturated heterocycles. The average Bonchev–Trinajstić information content (AvgIpc) is 2.24. The second kappa shape index (κ2) is 6.21. The highest BCUT2D eigenvalue weighted by molar-refractivity contribution is 6.30. The molecule has 0 radical (unpaired) electrons. The normalized spacial score (nSPS) is 11.8. The summed E-state index contributed by atoms with van der Waals surface area (Å²) in [6.07, 6.45) is 0.158. The molecule has 0 amide bonds. The summed E-state index contributed by atoms with van der Waals surface area (Å²) in [5.74, 6) is -0.764. The number of hydrogen-bond donors (Lipinski definition) is 1. The Kier molecular flexibility index (Phi) is 5.17. The van der Waals surface area contributed by atoms with E-state index in [1.54, 1.807) is 0 Å². The zero-order valence-electron chi connectivity index (χ0n) is 11.1. The molecule has 0 aromatic heterocycles. The molecule has 0 unspecified atom stereocenters. The Morgan fingerprint density at radius 2 is 1.83 bits per heavy atom. The lowest BCUT2D eigenvalue weighted by molar-refractivity contribution is -0.137. The summed E-state index contributed by atoms with van der Waals surface area (Å²) in [5.41, 5.74) is 1.08. The Labute approximate surface area is 113 Å². The molecule has 0 aliphatic heterocycles. The van der Waals surface area contributed by atoms with E-state index in [1.165, 1.54) is 0 Å². The highest BCUT2D eigenvalue weighted by Gasteiger charge is 2.21. The van der Waals surface area contributed by atoms with Gasteiger partial charge in [0.05, 0.1) is 6.42 Å². The zero-order valence-corrected chi connectivity index (χ0v) is 11.9. The molecule has 0 bridgehead atoms. The van der Waals surface area contributed by atoms with Gasteiger partial charge in [0.25, 0.3) is 0 Å². The molecule has 0 spiro atoms. The fourth-order valence-corrected chi connectivity index (χ4v) is 1.82. The first-order valence-electron chi connectivity index (χ1n) is 6.00. The molecule has 0 atom stereocenters. The Hall–Kier alpha value is -1.06. The van der Waals surface area contributed by atoms with Crippen LogP contribution in [-0.4, -0.2) is 28.1 Å². The topological polar surface area (TPSA) is 40.5 Å². The van der Waals surface area contributed by atoms with E-state index >= 15 is 0 Å². The van der Waals surface area contributed by atoms with Crippen molar-refractivity contribution in [3.63, 3.8) is 0 Å². The summed E-state index contributed by atoms with van der Waals surface area (Å²) in [6, 6.07) is 7.66. The standard InChI is InChI=1S/C14H20ClNO2/c1-14(2,3)16(9-8-13(17)18)10-11-4-6-12(15)7-5-11/h4-7H,8-10H2,1-3H3,(H,17,18). The van der Waals surface area contributed by atoms with E-state index in [-0.39, 0.29) is 12.0 Å². The molecule has 3 nitrogen and oxygen atoms in total. The number of carboxylic acid groups (broad SMARTS) is 1. The van der Waals surface area contributed by atoms with E-state index < -0.39 is 5.97 Å². The number of carboxylic acids is 1. The average molecular weight is 270 g/mol. The van der Waals surface area contributed by atoms with Crippen LogP contribution in [0.3, 0.4) is 0 Å². The number of benzene rings is 1. The molecule has 0 aliphatic carbocycles. The molecule has 18 heavy (non-hydrogen) atoms. The van der Waals surface area contributed by atoms with Crippen molar-refractivity contribution in [3.05, 3.63) is 34.9 Å². The van der Waals surface area contributed by atoms with E-state index in [4.69, 9.17) is 16.7 Å². The summed E-state index contributed by atoms with van der Waals surface area (Å²) in [6.45, 7) is 7.54. The van der Waals surface area contributed by atoms with Gasteiger partial charge in [0.2, 0.25) is 0 Å². The van der Waals surface area contributed by atoms with Crippen LogP contribution in [0, 0.1) is 0 Å². The van der Waals surface area contributed by atoms with Gasteiger partial charge in [-0.1, -0.05) is 23.7 Å². The van der Waals surface area contributed by atoms with E-state index in [9.17, 15) is 4.79 Å². The van der Waals surface area contributed by atoms with Gasteiger partial charge in [0, 0.05) is 23.7 Å². The summed E-state index contributed by atoms with van der Waals surface area (Å²) < 4.78 is 0. The van der Waals surface area contributed by atoms with Crippen molar-refractivity contribution in [1.29, 1.82) is 0 Å². The lowest BCUT2D eigenvalue weighted by Crippen LogP contribution is -2.41. The van der Waals surface area contributed by atoms with Gasteiger partial charge in [-0.25, -0.2) is 0 Å². The number of carbonyl (C=O) groups is 1. The summed E-state index contributed by atoms with van der Waals surface area (Å²) in [7, 11) is 0. The third-order valence-corrected chi connectivity index (χ3v) is 3.08. The lowest BCUT2D eigenvalue weighted by atomic mass is 10.0. The summed E-state index contributed by atoms with van der Waals surface area (Å²) >= 11 is 5.85. The Balaban J connectivity index is 2.72. The van der Waals surface area contributed by atoms with Gasteiger partial charge in [0.1, 0.15) is 0 Å². The van der Waals surface area contributed by atoms with Gasteiger partial charge in [-0.3, -0.25) is 9.69 Å². The van der Waals surface area contributed by atoms with Crippen LogP contribution in [0.15, 0.2) is 24.3 Å². The van der Waals surface area contributed by atoms with Gasteiger partial charge in [-0.05, 0) is 38.5 Å². The maximum atomic E-state index is 10.7. The summed E-state index contributed by atoms with van der Waals surface area (Å²) in [4.78, 5) is 12.8. The Morgan fingerprint density at radius 1 is 1.28 bits per heavy atom. The van der Waals surface area contributed by atoms with Crippen LogP contribution < -0.4 is 0 Å². The van der Waals surface area contributed by atoms with Crippen molar-refractivity contribution in [2.75, 3.05) is 6.54 Å². The smallest absolute Gasteiger partial charge is 0.304 e. The molecule has 100 valence electrons. The predicted molar refractivity (Wildman–Crippen MR) is 73.9 cm³/mol. The number of aliphatic carboxylic acids is 1. The molecule has 0 heterocycles. The maximum Gasteiger partial charge on any atom is 0.304 e. The predicted octanol–water partition coefficient (Wildman–Crippen LogP) is 3.42. The zero-order chi connectivity index (χ0) is 13.8. The van der Waals surface area contributed by atoms with Crippen LogP contribution in [0.2, 0.25) is 5.02 Å². The van der Waals surface area contributed by atoms with Gasteiger partial charge in [-0.15, -0.1) is 0 Å². The van der Waals surface area contributed by atoms with Crippen molar-refractivity contribution >= 4 is 17.6 Å². The number of hydrogen-bond acceptors (Lipinski definition) is 2. The highest BCUT2D eigenvalue weighted by Crippen LogP contribution is 2.19. The third-order valence-electron chi connectivity index (χ3n) is 2.83. The van der Waals surface area contributed by atoms with Crippen molar-refractivity contribution < 1.29 is 9.90 Å². The molecule has 0 aliphatic rings. The van der Waals surface area contributed by atoms with E-state index in [0.717, 1.165) is 12.1 Å². The maximum absolute atomic E-state index is 10.7. The minimum absolute atomic E-state index is 0.0604. The summed E-state index contributed by atoms with van der Waals surface area (Å²) in [5, 5.41) is 9.50. The molecule has 0 fully saturated rings. The van der Waals surface area contributed by atoms with Gasteiger partial charge < -0.3 is 5.11 Å². The first-order valence-corrected chi connectivity index (χ1v) is 6.38. The van der Waals surface area contributed by atoms with Crippen LogP contribution in [0.5, 0.6) is 0 Å². The highest BCUT2D eigenvalue weighted by atomic mass is 35.5. The largest absolute Gasteiger partial charge is 0.481 e. The molecular formula is C14H20ClNO2. The van der Waals surface area contributed by atoms with Gasteiger partial charge >= 0.3 is 5.97 Å². The first-order chi connectivity index (χ1) is 8.29. The molecule has 1 rings (SSSR count). The SMILES string of the molecule is CC(C)(C)N(CCC(=O)O)Cc1ccc(Cl)cc1. The molecule has 1 N–H and O–H groups in total. The van der Waals surface area contributed by atoms with E-state index in [2.05, 4.69) is 25.7 Å². The minimum Gasteiger partial charge on any atom is -0.481 e. The second-order valence-corrected chi connectivity index (χ2v) is 5.80. The number of rotatable bonds is 5. The first kappa shape index (κ1) is 15.0. The molecule has 1 aromatic rings. The van der Waals surface area contributed by atoms with Crippen LogP contribution in [0.1, 0.15) is 32.8 Å². The number of nitrogens with zero attached hydrogens (tertiary/aromatic N) is 1. The van der Waals surface area contributed by atoms with Crippen LogP contribution in [0.4, 0.5) is 0 Å². The van der Waals surface area contributed by atoms with Crippen LogP contribution in [0.25, 0.3) is 0 Å². The van der Waals surface area contributed by atoms with Crippen LogP contribution >= 0.6 is 11.6 Å². The monoisotopic (exact) mass is 269 g/mol. The van der Waals surface area contributed by atoms with Crippen LogP contribution in [-0.2, 0) is 11.3 Å². The van der Waals surface area contributed by atoms with E-state index in [1.807, 2.05) is 24.3 Å². The lowest BCUT2D eigenvalue weighted by Gasteiger charge is -2.35.